The number of halogens is 2. The molecule has 2 heterocycles. The van der Waals surface area contributed by atoms with Crippen molar-refractivity contribution in [3.8, 4) is 0 Å². The maximum Gasteiger partial charge on any atom is 0.156 e. The number of hydrogen-bond donors (Lipinski definition) is 0. The summed E-state index contributed by atoms with van der Waals surface area (Å²) in [6.45, 7) is 2.44. The first kappa shape index (κ1) is 12.5. The Labute approximate surface area is 119 Å². The third-order valence-corrected chi connectivity index (χ3v) is 3.33. The number of alkyl halides is 1. The summed E-state index contributed by atoms with van der Waals surface area (Å²) in [6, 6.07) is 7.43. The van der Waals surface area contributed by atoms with Crippen molar-refractivity contribution in [2.45, 2.75) is 18.8 Å². The van der Waals surface area contributed by atoms with Gasteiger partial charge in [0.2, 0.25) is 0 Å². The van der Waals surface area contributed by atoms with Gasteiger partial charge in [-0.2, -0.15) is 0 Å². The fourth-order valence-corrected chi connectivity index (χ4v) is 2.40. The molecule has 3 aromatic rings. The minimum absolute atomic E-state index is 0.200. The van der Waals surface area contributed by atoms with Crippen LogP contribution < -0.4 is 0 Å². The van der Waals surface area contributed by atoms with Gasteiger partial charge in [0.05, 0.1) is 29.2 Å². The lowest BCUT2D eigenvalue weighted by molar-refractivity contribution is 0.376. The van der Waals surface area contributed by atoms with Gasteiger partial charge in [0.15, 0.2) is 5.76 Å². The maximum absolute atomic E-state index is 6.20. The average molecular weight is 296 g/mol. The summed E-state index contributed by atoms with van der Waals surface area (Å²) in [5.41, 5.74) is 1.80. The molecule has 0 saturated heterocycles. The summed E-state index contributed by atoms with van der Waals surface area (Å²) in [7, 11) is 0. The summed E-state index contributed by atoms with van der Waals surface area (Å²) >= 11 is 12.2. The van der Waals surface area contributed by atoms with E-state index in [1.807, 2.05) is 35.8 Å². The monoisotopic (exact) mass is 295 g/mol. The topological polar surface area (TPSA) is 43.9 Å². The van der Waals surface area contributed by atoms with Crippen LogP contribution >= 0.6 is 23.2 Å². The quantitative estimate of drug-likeness (QED) is 0.685. The van der Waals surface area contributed by atoms with Crippen molar-refractivity contribution in [3.05, 3.63) is 47.1 Å². The van der Waals surface area contributed by atoms with Crippen molar-refractivity contribution < 1.29 is 4.52 Å². The van der Waals surface area contributed by atoms with Gasteiger partial charge in [-0.05, 0) is 25.1 Å². The molecule has 0 spiro atoms. The number of fused-ring (bicyclic) bond motifs is 1. The zero-order valence-electron chi connectivity index (χ0n) is 10.2. The van der Waals surface area contributed by atoms with Crippen LogP contribution in [0.2, 0.25) is 5.02 Å². The second kappa shape index (κ2) is 4.87. The van der Waals surface area contributed by atoms with Gasteiger partial charge in [0.25, 0.3) is 0 Å². The first-order valence-corrected chi connectivity index (χ1v) is 6.66. The molecule has 0 fully saturated rings. The largest absolute Gasteiger partial charge is 0.359 e. The molecule has 0 N–H and O–H groups in total. The Hall–Kier alpha value is -1.52. The Bertz CT molecular complexity index is 704. The standard InChI is InChI=1S/C13H11Cl2N3O/c1-8(14)13-17-11-6-9(15)2-3-12(11)18(13)7-10-4-5-16-19-10/h2-6,8H,7H2,1H3. The third-order valence-electron chi connectivity index (χ3n) is 2.90. The van der Waals surface area contributed by atoms with Gasteiger partial charge in [-0.25, -0.2) is 4.98 Å². The predicted molar refractivity (Wildman–Crippen MR) is 74.6 cm³/mol. The van der Waals surface area contributed by atoms with Crippen LogP contribution in [0.5, 0.6) is 0 Å². The fourth-order valence-electron chi connectivity index (χ4n) is 2.07. The lowest BCUT2D eigenvalue weighted by Crippen LogP contribution is -2.05. The highest BCUT2D eigenvalue weighted by Crippen LogP contribution is 2.27. The predicted octanol–water partition coefficient (Wildman–Crippen LogP) is 4.03. The Morgan fingerprint density at radius 3 is 2.89 bits per heavy atom. The van der Waals surface area contributed by atoms with E-state index in [-0.39, 0.29) is 5.38 Å². The molecular formula is C13H11Cl2N3O. The SMILES string of the molecule is CC(Cl)c1nc2cc(Cl)ccc2n1Cc1ccno1. The van der Waals surface area contributed by atoms with Crippen LogP contribution in [0.3, 0.4) is 0 Å². The van der Waals surface area contributed by atoms with E-state index in [4.69, 9.17) is 27.7 Å². The van der Waals surface area contributed by atoms with E-state index in [0.29, 0.717) is 11.6 Å². The first-order valence-electron chi connectivity index (χ1n) is 5.84. The molecule has 0 aliphatic heterocycles. The van der Waals surface area contributed by atoms with Crippen molar-refractivity contribution in [3.63, 3.8) is 0 Å². The Morgan fingerprint density at radius 1 is 1.37 bits per heavy atom. The Morgan fingerprint density at radius 2 is 2.21 bits per heavy atom. The summed E-state index contributed by atoms with van der Waals surface area (Å²) in [4.78, 5) is 4.54. The van der Waals surface area contributed by atoms with E-state index in [0.717, 1.165) is 22.6 Å². The second-order valence-electron chi connectivity index (χ2n) is 4.28. The number of hydrogen-bond acceptors (Lipinski definition) is 3. The minimum Gasteiger partial charge on any atom is -0.359 e. The molecule has 98 valence electrons. The van der Waals surface area contributed by atoms with Gasteiger partial charge in [-0.1, -0.05) is 16.8 Å². The van der Waals surface area contributed by atoms with E-state index >= 15 is 0 Å². The molecule has 0 saturated carbocycles. The summed E-state index contributed by atoms with van der Waals surface area (Å²) in [5, 5.41) is 4.17. The molecule has 0 bridgehead atoms. The molecule has 6 heteroatoms. The van der Waals surface area contributed by atoms with E-state index in [2.05, 4.69) is 10.1 Å². The van der Waals surface area contributed by atoms with E-state index < -0.39 is 0 Å². The molecule has 1 unspecified atom stereocenters. The van der Waals surface area contributed by atoms with Crippen LogP contribution in [0.25, 0.3) is 11.0 Å². The number of benzene rings is 1. The maximum atomic E-state index is 6.20. The molecule has 2 aromatic heterocycles. The molecule has 0 amide bonds. The Kier molecular flexibility index (Phi) is 3.21. The summed E-state index contributed by atoms with van der Waals surface area (Å²) < 4.78 is 7.16. The second-order valence-corrected chi connectivity index (χ2v) is 5.38. The number of imidazole rings is 1. The van der Waals surface area contributed by atoms with Crippen molar-refractivity contribution in [2.24, 2.45) is 0 Å². The van der Waals surface area contributed by atoms with Crippen LogP contribution in [0.4, 0.5) is 0 Å². The molecule has 1 atom stereocenters. The lowest BCUT2D eigenvalue weighted by atomic mass is 10.3. The highest BCUT2D eigenvalue weighted by Gasteiger charge is 2.16. The fraction of sp³-hybridized carbons (Fsp3) is 0.231. The van der Waals surface area contributed by atoms with E-state index in [1.165, 1.54) is 0 Å². The van der Waals surface area contributed by atoms with Gasteiger partial charge >= 0.3 is 0 Å². The summed E-state index contributed by atoms with van der Waals surface area (Å²) in [5.74, 6) is 1.54. The van der Waals surface area contributed by atoms with Crippen molar-refractivity contribution >= 4 is 34.2 Å². The number of aromatic nitrogens is 3. The van der Waals surface area contributed by atoms with Crippen LogP contribution in [-0.4, -0.2) is 14.7 Å². The molecule has 3 rings (SSSR count). The van der Waals surface area contributed by atoms with Crippen LogP contribution in [-0.2, 0) is 6.54 Å². The van der Waals surface area contributed by atoms with Gasteiger partial charge in [-0.15, -0.1) is 11.6 Å². The normalized spacial score (nSPS) is 13.0. The smallest absolute Gasteiger partial charge is 0.156 e. The zero-order valence-corrected chi connectivity index (χ0v) is 11.7. The number of nitrogens with zero attached hydrogens (tertiary/aromatic N) is 3. The molecule has 0 aliphatic carbocycles. The van der Waals surface area contributed by atoms with E-state index in [9.17, 15) is 0 Å². The highest BCUT2D eigenvalue weighted by atomic mass is 35.5. The highest BCUT2D eigenvalue weighted by molar-refractivity contribution is 6.31. The molecule has 1 aromatic carbocycles. The van der Waals surface area contributed by atoms with Crippen LogP contribution in [0, 0.1) is 0 Å². The third kappa shape index (κ3) is 2.33. The van der Waals surface area contributed by atoms with Crippen molar-refractivity contribution in [1.82, 2.24) is 14.7 Å². The van der Waals surface area contributed by atoms with Gasteiger partial charge in [-0.3, -0.25) is 0 Å². The average Bonchev–Trinajstić information content (AvgIpc) is 2.97. The van der Waals surface area contributed by atoms with Crippen LogP contribution in [0.15, 0.2) is 35.0 Å². The van der Waals surface area contributed by atoms with Gasteiger partial charge in [0, 0.05) is 11.1 Å². The van der Waals surface area contributed by atoms with Crippen molar-refractivity contribution in [2.75, 3.05) is 0 Å². The van der Waals surface area contributed by atoms with Crippen LogP contribution in [0.1, 0.15) is 23.9 Å². The summed E-state index contributed by atoms with van der Waals surface area (Å²) in [6.07, 6.45) is 1.62. The number of rotatable bonds is 3. The minimum atomic E-state index is -0.200. The first-order chi connectivity index (χ1) is 9.15. The molecule has 19 heavy (non-hydrogen) atoms. The molecule has 0 aliphatic rings. The Balaban J connectivity index is 2.16. The molecule has 0 radical (unpaired) electrons. The van der Waals surface area contributed by atoms with Gasteiger partial charge in [0.1, 0.15) is 5.82 Å². The lowest BCUT2D eigenvalue weighted by Gasteiger charge is -2.08. The van der Waals surface area contributed by atoms with Gasteiger partial charge < -0.3 is 9.09 Å². The molecular weight excluding hydrogens is 285 g/mol. The zero-order chi connectivity index (χ0) is 13.4. The van der Waals surface area contributed by atoms with E-state index in [1.54, 1.807) is 6.20 Å². The molecule has 4 nitrogen and oxygen atoms in total. The van der Waals surface area contributed by atoms with Crippen molar-refractivity contribution in [1.29, 1.82) is 0 Å².